The minimum atomic E-state index is -0.429. The van der Waals surface area contributed by atoms with Crippen LogP contribution in [0.1, 0.15) is 25.7 Å². The van der Waals surface area contributed by atoms with Crippen LogP contribution in [0, 0.1) is 10.1 Å². The standard InChI is InChI=1S/C14H16N4O3/c1-14(6-8-15-9-7-14)13-16-12(17-21-13)10-2-4-11(5-3-10)18(19)20/h2-5,15H,6-9H2,1H3. The van der Waals surface area contributed by atoms with Crippen molar-refractivity contribution < 1.29 is 9.45 Å². The molecule has 110 valence electrons. The van der Waals surface area contributed by atoms with Gasteiger partial charge in [-0.15, -0.1) is 0 Å². The molecule has 1 fully saturated rings. The second-order valence-electron chi connectivity index (χ2n) is 5.54. The molecule has 2 aromatic rings. The molecule has 1 N–H and O–H groups in total. The molecule has 1 aliphatic heterocycles. The summed E-state index contributed by atoms with van der Waals surface area (Å²) in [6, 6.07) is 6.16. The third-order valence-corrected chi connectivity index (χ3v) is 3.99. The Balaban J connectivity index is 1.85. The van der Waals surface area contributed by atoms with Gasteiger partial charge in [0.2, 0.25) is 11.7 Å². The van der Waals surface area contributed by atoms with Gasteiger partial charge in [0.25, 0.3) is 5.69 Å². The van der Waals surface area contributed by atoms with Crippen molar-refractivity contribution in [2.45, 2.75) is 25.2 Å². The molecule has 2 heterocycles. The topological polar surface area (TPSA) is 94.1 Å². The molecule has 0 aliphatic carbocycles. The fraction of sp³-hybridized carbons (Fsp3) is 0.429. The first kappa shape index (κ1) is 13.7. The summed E-state index contributed by atoms with van der Waals surface area (Å²) in [6.07, 6.45) is 1.91. The van der Waals surface area contributed by atoms with Crippen molar-refractivity contribution in [3.05, 3.63) is 40.3 Å². The van der Waals surface area contributed by atoms with Crippen LogP contribution >= 0.6 is 0 Å². The summed E-state index contributed by atoms with van der Waals surface area (Å²) in [7, 11) is 0. The van der Waals surface area contributed by atoms with Crippen LogP contribution in [0.4, 0.5) is 5.69 Å². The first-order valence-corrected chi connectivity index (χ1v) is 6.88. The smallest absolute Gasteiger partial charge is 0.269 e. The molecular weight excluding hydrogens is 272 g/mol. The average Bonchev–Trinajstić information content (AvgIpc) is 2.99. The maximum absolute atomic E-state index is 10.7. The number of nitro benzene ring substituents is 1. The minimum absolute atomic E-state index is 0.0489. The van der Waals surface area contributed by atoms with E-state index in [1.54, 1.807) is 12.1 Å². The summed E-state index contributed by atoms with van der Waals surface area (Å²) in [5.41, 5.74) is 0.665. The summed E-state index contributed by atoms with van der Waals surface area (Å²) < 4.78 is 5.42. The molecule has 0 saturated carbocycles. The molecular formula is C14H16N4O3. The van der Waals surface area contributed by atoms with Crippen molar-refractivity contribution in [3.8, 4) is 11.4 Å². The molecule has 0 amide bonds. The normalized spacial score (nSPS) is 17.6. The first-order chi connectivity index (χ1) is 10.1. The fourth-order valence-electron chi connectivity index (χ4n) is 2.51. The van der Waals surface area contributed by atoms with E-state index in [1.807, 2.05) is 0 Å². The van der Waals surface area contributed by atoms with Crippen LogP contribution in [-0.2, 0) is 5.41 Å². The number of hydrogen-bond donors (Lipinski definition) is 1. The van der Waals surface area contributed by atoms with Crippen molar-refractivity contribution in [1.82, 2.24) is 15.5 Å². The number of nitro groups is 1. The number of piperidine rings is 1. The van der Waals surface area contributed by atoms with Crippen molar-refractivity contribution in [2.75, 3.05) is 13.1 Å². The number of aromatic nitrogens is 2. The SMILES string of the molecule is CC1(c2nc(-c3ccc([N+](=O)[O-])cc3)no2)CCNCC1. The van der Waals surface area contributed by atoms with E-state index >= 15 is 0 Å². The van der Waals surface area contributed by atoms with Crippen LogP contribution in [-0.4, -0.2) is 28.2 Å². The van der Waals surface area contributed by atoms with Gasteiger partial charge in [0.15, 0.2) is 0 Å². The molecule has 0 bridgehead atoms. The van der Waals surface area contributed by atoms with Gasteiger partial charge in [-0.2, -0.15) is 4.98 Å². The third kappa shape index (κ3) is 2.64. The van der Waals surface area contributed by atoms with Gasteiger partial charge in [-0.1, -0.05) is 12.1 Å². The monoisotopic (exact) mass is 288 g/mol. The number of hydrogen-bond acceptors (Lipinski definition) is 6. The quantitative estimate of drug-likeness (QED) is 0.688. The van der Waals surface area contributed by atoms with E-state index in [4.69, 9.17) is 4.52 Å². The second-order valence-corrected chi connectivity index (χ2v) is 5.54. The Morgan fingerprint density at radius 3 is 2.57 bits per heavy atom. The van der Waals surface area contributed by atoms with Gasteiger partial charge in [-0.05, 0) is 38.1 Å². The number of nitrogens with one attached hydrogen (secondary N) is 1. The van der Waals surface area contributed by atoms with Crippen LogP contribution in [0.5, 0.6) is 0 Å². The van der Waals surface area contributed by atoms with Crippen LogP contribution in [0.2, 0.25) is 0 Å². The van der Waals surface area contributed by atoms with Gasteiger partial charge in [0, 0.05) is 23.1 Å². The summed E-state index contributed by atoms with van der Waals surface area (Å²) in [5, 5.41) is 18.0. The van der Waals surface area contributed by atoms with Gasteiger partial charge >= 0.3 is 0 Å². The minimum Gasteiger partial charge on any atom is -0.338 e. The van der Waals surface area contributed by atoms with E-state index in [-0.39, 0.29) is 11.1 Å². The Morgan fingerprint density at radius 2 is 1.95 bits per heavy atom. The number of rotatable bonds is 3. The van der Waals surface area contributed by atoms with Crippen molar-refractivity contribution in [2.24, 2.45) is 0 Å². The zero-order valence-electron chi connectivity index (χ0n) is 11.7. The first-order valence-electron chi connectivity index (χ1n) is 6.88. The maximum Gasteiger partial charge on any atom is 0.269 e. The van der Waals surface area contributed by atoms with Gasteiger partial charge in [0.1, 0.15) is 0 Å². The van der Waals surface area contributed by atoms with Gasteiger partial charge < -0.3 is 9.84 Å². The summed E-state index contributed by atoms with van der Waals surface area (Å²) in [6.45, 7) is 4.00. The molecule has 3 rings (SSSR count). The zero-order chi connectivity index (χ0) is 14.9. The van der Waals surface area contributed by atoms with E-state index in [1.165, 1.54) is 12.1 Å². The highest BCUT2D eigenvalue weighted by atomic mass is 16.6. The van der Waals surface area contributed by atoms with Crippen LogP contribution < -0.4 is 5.32 Å². The Labute approximate surface area is 121 Å². The molecule has 0 unspecified atom stereocenters. The van der Waals surface area contributed by atoms with Crippen LogP contribution in [0.25, 0.3) is 11.4 Å². The highest BCUT2D eigenvalue weighted by Gasteiger charge is 2.34. The van der Waals surface area contributed by atoms with Crippen molar-refractivity contribution in [1.29, 1.82) is 0 Å². The predicted octanol–water partition coefficient (Wildman–Crippen LogP) is 2.29. The van der Waals surface area contributed by atoms with E-state index in [0.29, 0.717) is 17.3 Å². The van der Waals surface area contributed by atoms with E-state index in [2.05, 4.69) is 22.4 Å². The molecule has 0 radical (unpaired) electrons. The predicted molar refractivity (Wildman–Crippen MR) is 75.8 cm³/mol. The maximum atomic E-state index is 10.7. The van der Waals surface area contributed by atoms with Gasteiger partial charge in [-0.25, -0.2) is 0 Å². The number of benzene rings is 1. The van der Waals surface area contributed by atoms with Gasteiger partial charge in [-0.3, -0.25) is 10.1 Å². The lowest BCUT2D eigenvalue weighted by Gasteiger charge is -2.30. The number of nitrogens with zero attached hydrogens (tertiary/aromatic N) is 3. The molecule has 1 saturated heterocycles. The lowest BCUT2D eigenvalue weighted by atomic mass is 9.81. The summed E-state index contributed by atoms with van der Waals surface area (Å²) in [5.74, 6) is 1.11. The van der Waals surface area contributed by atoms with Crippen LogP contribution in [0.15, 0.2) is 28.8 Å². The van der Waals surface area contributed by atoms with Gasteiger partial charge in [0.05, 0.1) is 4.92 Å². The average molecular weight is 288 g/mol. The lowest BCUT2D eigenvalue weighted by molar-refractivity contribution is -0.384. The second kappa shape index (κ2) is 5.25. The molecule has 1 aromatic heterocycles. The Bertz CT molecular complexity index is 644. The fourth-order valence-corrected chi connectivity index (χ4v) is 2.51. The van der Waals surface area contributed by atoms with Crippen molar-refractivity contribution in [3.63, 3.8) is 0 Å². The molecule has 21 heavy (non-hydrogen) atoms. The Hall–Kier alpha value is -2.28. The highest BCUT2D eigenvalue weighted by molar-refractivity contribution is 5.56. The largest absolute Gasteiger partial charge is 0.338 e. The molecule has 1 aliphatic rings. The molecule has 0 spiro atoms. The highest BCUT2D eigenvalue weighted by Crippen LogP contribution is 2.32. The molecule has 1 aromatic carbocycles. The van der Waals surface area contributed by atoms with Crippen LogP contribution in [0.3, 0.4) is 0 Å². The Morgan fingerprint density at radius 1 is 1.29 bits per heavy atom. The van der Waals surface area contributed by atoms with E-state index in [9.17, 15) is 10.1 Å². The molecule has 0 atom stereocenters. The van der Waals surface area contributed by atoms with E-state index < -0.39 is 4.92 Å². The lowest BCUT2D eigenvalue weighted by Crippen LogP contribution is -2.37. The molecule has 7 heteroatoms. The number of non-ortho nitro benzene ring substituents is 1. The summed E-state index contributed by atoms with van der Waals surface area (Å²) >= 11 is 0. The Kier molecular flexibility index (Phi) is 3.42. The zero-order valence-corrected chi connectivity index (χ0v) is 11.7. The summed E-state index contributed by atoms with van der Waals surface area (Å²) in [4.78, 5) is 14.7. The third-order valence-electron chi connectivity index (χ3n) is 3.99. The van der Waals surface area contributed by atoms with Crippen molar-refractivity contribution >= 4 is 5.69 Å². The molecule has 7 nitrogen and oxygen atoms in total. The van der Waals surface area contributed by atoms with E-state index in [0.717, 1.165) is 25.9 Å².